The predicted molar refractivity (Wildman–Crippen MR) is 111 cm³/mol. The maximum Gasteiger partial charge on any atom is 0.255 e. The first-order valence-corrected chi connectivity index (χ1v) is 10.4. The van der Waals surface area contributed by atoms with E-state index in [1.54, 1.807) is 43.3 Å². The Morgan fingerprint density at radius 3 is 2.39 bits per heavy atom. The van der Waals surface area contributed by atoms with E-state index in [2.05, 4.69) is 10.6 Å². The van der Waals surface area contributed by atoms with E-state index in [4.69, 9.17) is 0 Å². The highest BCUT2D eigenvalue weighted by molar-refractivity contribution is 7.90. The zero-order chi connectivity index (χ0) is 20.7. The quantitative estimate of drug-likeness (QED) is 0.573. The Labute approximate surface area is 164 Å². The number of amides is 2. The molecule has 0 atom stereocenters. The summed E-state index contributed by atoms with van der Waals surface area (Å²) in [4.78, 5) is 24.4. The second-order valence-corrected chi connectivity index (χ2v) is 8.17. The lowest BCUT2D eigenvalue weighted by Gasteiger charge is -2.11. The second kappa shape index (κ2) is 9.14. The van der Waals surface area contributed by atoms with Crippen molar-refractivity contribution in [3.8, 4) is 0 Å². The van der Waals surface area contributed by atoms with E-state index in [1.807, 2.05) is 13.0 Å². The largest absolute Gasteiger partial charge is 0.323 e. The van der Waals surface area contributed by atoms with E-state index in [-0.39, 0.29) is 16.4 Å². The zero-order valence-electron chi connectivity index (χ0n) is 15.9. The fraction of sp³-hybridized carbons (Fsp3) is 0.143. The summed E-state index contributed by atoms with van der Waals surface area (Å²) in [7, 11) is -3.40. The van der Waals surface area contributed by atoms with E-state index >= 15 is 0 Å². The fourth-order valence-corrected chi connectivity index (χ4v) is 3.05. The molecule has 0 bridgehead atoms. The number of benzene rings is 2. The minimum atomic E-state index is -3.40. The summed E-state index contributed by atoms with van der Waals surface area (Å²) in [6.07, 6.45) is 7.72. The molecule has 0 aromatic heterocycles. The zero-order valence-corrected chi connectivity index (χ0v) is 16.7. The molecule has 0 aliphatic heterocycles. The minimum Gasteiger partial charge on any atom is -0.323 e. The van der Waals surface area contributed by atoms with Crippen molar-refractivity contribution in [3.63, 3.8) is 0 Å². The molecule has 2 amide bonds. The van der Waals surface area contributed by atoms with Gasteiger partial charge in [-0.1, -0.05) is 24.3 Å². The van der Waals surface area contributed by atoms with Gasteiger partial charge in [-0.15, -0.1) is 0 Å². The summed E-state index contributed by atoms with van der Waals surface area (Å²) < 4.78 is 23.3. The molecule has 2 rings (SSSR count). The Morgan fingerprint density at radius 1 is 1.00 bits per heavy atom. The van der Waals surface area contributed by atoms with Gasteiger partial charge in [-0.2, -0.15) is 0 Å². The van der Waals surface area contributed by atoms with Crippen LogP contribution in [0.2, 0.25) is 0 Å². The molecule has 0 unspecified atom stereocenters. The SMILES string of the molecule is CC=CC=CC(=O)Nc1ccc(NC(=O)c2cccc(S(C)(=O)=O)c2)c(C)c1. The number of carbonyl (C=O) groups excluding carboxylic acids is 2. The van der Waals surface area contributed by atoms with E-state index in [1.165, 1.54) is 24.3 Å². The molecule has 0 radical (unpaired) electrons. The summed E-state index contributed by atoms with van der Waals surface area (Å²) >= 11 is 0. The molecule has 2 aromatic rings. The van der Waals surface area contributed by atoms with Crippen molar-refractivity contribution in [1.29, 1.82) is 0 Å². The third-order valence-corrected chi connectivity index (χ3v) is 4.93. The van der Waals surface area contributed by atoms with Gasteiger partial charge in [0.2, 0.25) is 5.91 Å². The standard InChI is InChI=1S/C21H22N2O4S/c1-4-5-6-10-20(24)22-17-11-12-19(15(2)13-17)23-21(25)16-8-7-9-18(14-16)28(3,26)27/h4-14H,1-3H3,(H,22,24)(H,23,25). The minimum absolute atomic E-state index is 0.0842. The second-order valence-electron chi connectivity index (χ2n) is 6.16. The Bertz CT molecular complexity index is 1050. The highest BCUT2D eigenvalue weighted by atomic mass is 32.2. The molecule has 0 fully saturated rings. The Kier molecular flexibility index (Phi) is 6.89. The number of aryl methyl sites for hydroxylation is 1. The molecule has 0 saturated heterocycles. The average Bonchev–Trinajstić information content (AvgIpc) is 2.63. The van der Waals surface area contributed by atoms with Crippen LogP contribution in [0, 0.1) is 6.92 Å². The van der Waals surface area contributed by atoms with E-state index in [0.717, 1.165) is 11.8 Å². The van der Waals surface area contributed by atoms with Crippen LogP contribution in [0.25, 0.3) is 0 Å². The van der Waals surface area contributed by atoms with Gasteiger partial charge < -0.3 is 10.6 Å². The van der Waals surface area contributed by atoms with E-state index in [0.29, 0.717) is 11.4 Å². The van der Waals surface area contributed by atoms with Gasteiger partial charge in [0.05, 0.1) is 4.90 Å². The number of sulfone groups is 1. The van der Waals surface area contributed by atoms with Crippen molar-refractivity contribution in [2.75, 3.05) is 16.9 Å². The summed E-state index contributed by atoms with van der Waals surface area (Å²) in [6.45, 7) is 3.66. The lowest BCUT2D eigenvalue weighted by atomic mass is 10.1. The van der Waals surface area contributed by atoms with Crippen molar-refractivity contribution < 1.29 is 18.0 Å². The molecule has 0 saturated carbocycles. The van der Waals surface area contributed by atoms with Crippen LogP contribution < -0.4 is 10.6 Å². The molecule has 0 aliphatic carbocycles. The highest BCUT2D eigenvalue weighted by Crippen LogP contribution is 2.21. The summed E-state index contributed by atoms with van der Waals surface area (Å²) in [5, 5.41) is 5.50. The number of hydrogen-bond donors (Lipinski definition) is 2. The number of allylic oxidation sites excluding steroid dienone is 3. The summed E-state index contributed by atoms with van der Waals surface area (Å²) in [6, 6.07) is 11.0. The highest BCUT2D eigenvalue weighted by Gasteiger charge is 2.13. The van der Waals surface area contributed by atoms with Crippen molar-refractivity contribution in [1.82, 2.24) is 0 Å². The molecule has 2 N–H and O–H groups in total. The molecular weight excluding hydrogens is 376 g/mol. The number of anilines is 2. The van der Waals surface area contributed by atoms with Gasteiger partial charge in [0, 0.05) is 29.3 Å². The van der Waals surface area contributed by atoms with Crippen LogP contribution in [0.1, 0.15) is 22.8 Å². The first-order valence-electron chi connectivity index (χ1n) is 8.53. The fourth-order valence-electron chi connectivity index (χ4n) is 2.38. The van der Waals surface area contributed by atoms with Gasteiger partial charge in [0.25, 0.3) is 5.91 Å². The van der Waals surface area contributed by atoms with Crippen molar-refractivity contribution in [2.24, 2.45) is 0 Å². The molecule has 6 nitrogen and oxygen atoms in total. The van der Waals surface area contributed by atoms with Gasteiger partial charge in [0.15, 0.2) is 9.84 Å². The maximum absolute atomic E-state index is 12.5. The molecule has 28 heavy (non-hydrogen) atoms. The van der Waals surface area contributed by atoms with Crippen LogP contribution in [-0.4, -0.2) is 26.5 Å². The van der Waals surface area contributed by atoms with Crippen LogP contribution in [0.15, 0.2) is 71.7 Å². The number of rotatable bonds is 6. The lowest BCUT2D eigenvalue weighted by molar-refractivity contribution is -0.111. The van der Waals surface area contributed by atoms with Gasteiger partial charge in [-0.25, -0.2) is 8.42 Å². The molecular formula is C21H22N2O4S. The Hall–Kier alpha value is -3.19. The maximum atomic E-state index is 12.5. The van der Waals surface area contributed by atoms with Crippen LogP contribution in [0.4, 0.5) is 11.4 Å². The Balaban J connectivity index is 2.13. The normalized spacial score (nSPS) is 11.7. The molecule has 0 heterocycles. The summed E-state index contributed by atoms with van der Waals surface area (Å²) in [5.41, 5.74) is 2.17. The first kappa shape index (κ1) is 21.1. The van der Waals surface area contributed by atoms with E-state index in [9.17, 15) is 18.0 Å². The molecule has 0 spiro atoms. The van der Waals surface area contributed by atoms with Gasteiger partial charge in [0.1, 0.15) is 0 Å². The van der Waals surface area contributed by atoms with Crippen molar-refractivity contribution in [3.05, 3.63) is 77.9 Å². The van der Waals surface area contributed by atoms with E-state index < -0.39 is 15.7 Å². The monoisotopic (exact) mass is 398 g/mol. The topological polar surface area (TPSA) is 92.3 Å². The van der Waals surface area contributed by atoms with Gasteiger partial charge in [-0.3, -0.25) is 9.59 Å². The number of nitrogens with one attached hydrogen (secondary N) is 2. The molecule has 146 valence electrons. The first-order chi connectivity index (χ1) is 13.2. The van der Waals surface area contributed by atoms with Crippen LogP contribution in [-0.2, 0) is 14.6 Å². The van der Waals surface area contributed by atoms with Gasteiger partial charge >= 0.3 is 0 Å². The lowest BCUT2D eigenvalue weighted by Crippen LogP contribution is -2.14. The van der Waals surface area contributed by atoms with Crippen LogP contribution in [0.3, 0.4) is 0 Å². The number of hydrogen-bond acceptors (Lipinski definition) is 4. The van der Waals surface area contributed by atoms with Crippen LogP contribution in [0.5, 0.6) is 0 Å². The predicted octanol–water partition coefficient (Wildman–Crippen LogP) is 3.72. The number of carbonyl (C=O) groups is 2. The third kappa shape index (κ3) is 5.92. The molecule has 0 aliphatic rings. The molecule has 2 aromatic carbocycles. The van der Waals surface area contributed by atoms with Crippen molar-refractivity contribution >= 4 is 33.0 Å². The third-order valence-electron chi connectivity index (χ3n) is 3.82. The smallest absolute Gasteiger partial charge is 0.255 e. The van der Waals surface area contributed by atoms with Gasteiger partial charge in [-0.05, 0) is 55.8 Å². The average molecular weight is 398 g/mol. The van der Waals surface area contributed by atoms with Crippen molar-refractivity contribution in [2.45, 2.75) is 18.7 Å². The Morgan fingerprint density at radius 2 is 1.75 bits per heavy atom. The molecule has 7 heteroatoms. The summed E-state index contributed by atoms with van der Waals surface area (Å²) in [5.74, 6) is -0.674. The van der Waals surface area contributed by atoms with Crippen LogP contribution >= 0.6 is 0 Å².